The molecule has 2 heteroatoms. The van der Waals surface area contributed by atoms with Gasteiger partial charge in [-0.1, -0.05) is 194 Å². The molecule has 0 amide bonds. The first-order valence-electron chi connectivity index (χ1n) is 21.5. The molecule has 62 heavy (non-hydrogen) atoms. The van der Waals surface area contributed by atoms with E-state index in [-0.39, 0.29) is 0 Å². The lowest BCUT2D eigenvalue weighted by Crippen LogP contribution is -2.28. The molecule has 292 valence electrons. The highest BCUT2D eigenvalue weighted by atomic mass is 15.2. The number of aromatic nitrogens is 1. The van der Waals surface area contributed by atoms with Crippen molar-refractivity contribution in [1.82, 2.24) is 4.57 Å². The van der Waals surface area contributed by atoms with Crippen LogP contribution >= 0.6 is 0 Å². The van der Waals surface area contributed by atoms with Gasteiger partial charge in [0.25, 0.3) is 0 Å². The van der Waals surface area contributed by atoms with E-state index in [4.69, 9.17) is 0 Å². The van der Waals surface area contributed by atoms with Gasteiger partial charge in [-0.25, -0.2) is 0 Å². The fraction of sp³-hybridized carbons (Fsp3) is 0.0333. The summed E-state index contributed by atoms with van der Waals surface area (Å²) in [5.41, 5.74) is 17.5. The molecule has 1 aliphatic carbocycles. The Morgan fingerprint density at radius 3 is 1.77 bits per heavy atom. The summed E-state index contributed by atoms with van der Waals surface area (Å²) in [7, 11) is 0. The van der Waals surface area contributed by atoms with Crippen LogP contribution in [0.2, 0.25) is 0 Å². The van der Waals surface area contributed by atoms with Crippen molar-refractivity contribution in [3.63, 3.8) is 0 Å². The summed E-state index contributed by atoms with van der Waals surface area (Å²) in [5.74, 6) is 0. The Balaban J connectivity index is 1.16. The molecule has 1 aromatic heterocycles. The number of nitrogens with zero attached hydrogens (tertiary/aromatic N) is 2. The summed E-state index contributed by atoms with van der Waals surface area (Å²) in [4.78, 5) is 2.49. The van der Waals surface area contributed by atoms with E-state index in [1.54, 1.807) is 0 Å². The molecule has 0 unspecified atom stereocenters. The van der Waals surface area contributed by atoms with Crippen LogP contribution in [0.3, 0.4) is 0 Å². The zero-order valence-electron chi connectivity index (χ0n) is 34.4. The minimum Gasteiger partial charge on any atom is -0.308 e. The van der Waals surface area contributed by atoms with Crippen LogP contribution < -0.4 is 4.90 Å². The van der Waals surface area contributed by atoms with Gasteiger partial charge >= 0.3 is 0 Å². The summed E-state index contributed by atoms with van der Waals surface area (Å²) in [5, 5.41) is 4.91. The number of fused-ring (bicyclic) bond motifs is 7. The van der Waals surface area contributed by atoms with E-state index in [0.717, 1.165) is 28.3 Å². The van der Waals surface area contributed by atoms with E-state index in [1.807, 2.05) is 0 Å². The van der Waals surface area contributed by atoms with Gasteiger partial charge in [0, 0.05) is 27.8 Å². The molecule has 10 aromatic carbocycles. The largest absolute Gasteiger partial charge is 0.308 e. The molecule has 0 saturated heterocycles. The van der Waals surface area contributed by atoms with Crippen LogP contribution in [-0.2, 0) is 5.41 Å². The molecule has 0 bridgehead atoms. The topological polar surface area (TPSA) is 8.17 Å². The van der Waals surface area contributed by atoms with Crippen LogP contribution in [0.4, 0.5) is 17.1 Å². The minimum absolute atomic E-state index is 0.530. The van der Waals surface area contributed by atoms with E-state index in [1.165, 1.54) is 77.1 Å². The van der Waals surface area contributed by atoms with Crippen molar-refractivity contribution < 1.29 is 0 Å². The average molecular weight is 791 g/mol. The predicted octanol–water partition coefficient (Wildman–Crippen LogP) is 15.7. The molecule has 2 nitrogen and oxygen atoms in total. The number of hydrogen-bond acceptors (Lipinski definition) is 1. The lowest BCUT2D eigenvalue weighted by atomic mass is 9.67. The zero-order chi connectivity index (χ0) is 41.2. The Bertz CT molecular complexity index is 3420. The average Bonchev–Trinajstić information content (AvgIpc) is 3.84. The van der Waals surface area contributed by atoms with Crippen molar-refractivity contribution in [3.8, 4) is 27.9 Å². The fourth-order valence-corrected chi connectivity index (χ4v) is 10.4. The lowest BCUT2D eigenvalue weighted by molar-refractivity contribution is 0.768. The van der Waals surface area contributed by atoms with Gasteiger partial charge in [0.15, 0.2) is 0 Å². The SMILES string of the molecule is Cc1ccc2cc(-n3c4ccccc4c4cccc(N(c5ccc(-c6ccccc6)cc5)c5ccc6c(c5)C(c5ccccc5)(c5ccccc5)c5ccccc5-6)c43)ccc2c1. The van der Waals surface area contributed by atoms with E-state index >= 15 is 0 Å². The van der Waals surface area contributed by atoms with Crippen LogP contribution in [-0.4, -0.2) is 4.57 Å². The Hall–Kier alpha value is -7.94. The second-order valence-corrected chi connectivity index (χ2v) is 16.6. The minimum atomic E-state index is -0.530. The van der Waals surface area contributed by atoms with Crippen molar-refractivity contribution in [2.24, 2.45) is 0 Å². The highest BCUT2D eigenvalue weighted by Gasteiger charge is 2.46. The molecule has 12 rings (SSSR count). The van der Waals surface area contributed by atoms with E-state index in [0.29, 0.717) is 0 Å². The molecule has 0 radical (unpaired) electrons. The maximum absolute atomic E-state index is 2.49. The number of rotatable bonds is 7. The van der Waals surface area contributed by atoms with Crippen LogP contribution in [0, 0.1) is 6.92 Å². The van der Waals surface area contributed by atoms with Crippen molar-refractivity contribution in [2.45, 2.75) is 12.3 Å². The Kier molecular flexibility index (Phi) is 8.33. The Morgan fingerprint density at radius 2 is 1.00 bits per heavy atom. The lowest BCUT2D eigenvalue weighted by Gasteiger charge is -2.35. The molecule has 1 aliphatic rings. The molecular formula is C60H42N2. The van der Waals surface area contributed by atoms with Crippen molar-refractivity contribution in [3.05, 3.63) is 264 Å². The number of anilines is 3. The van der Waals surface area contributed by atoms with Gasteiger partial charge in [0.05, 0.1) is 22.1 Å². The van der Waals surface area contributed by atoms with Gasteiger partial charge in [-0.3, -0.25) is 0 Å². The van der Waals surface area contributed by atoms with Gasteiger partial charge in [0.1, 0.15) is 0 Å². The van der Waals surface area contributed by atoms with Crippen molar-refractivity contribution in [2.75, 3.05) is 4.90 Å². The molecule has 0 saturated carbocycles. The van der Waals surface area contributed by atoms with Crippen molar-refractivity contribution >= 4 is 49.6 Å². The molecular weight excluding hydrogens is 749 g/mol. The molecule has 11 aromatic rings. The molecule has 0 atom stereocenters. The third-order valence-electron chi connectivity index (χ3n) is 13.1. The number of aryl methyl sites for hydroxylation is 1. The summed E-state index contributed by atoms with van der Waals surface area (Å²) >= 11 is 0. The standard InChI is InChI=1S/C60H42N2/c1-41-28-29-45-39-49(35-32-44(45)38-41)62-57-26-14-12-23-53(57)54-24-15-27-58(59(54)62)61(48-33-30-43(31-34-48)42-16-5-2-6-17-42)50-36-37-52-51-22-11-13-25-55(51)60(56(52)40-50,46-18-7-3-8-19-46)47-20-9-4-10-21-47/h2-40H,1H3. The maximum atomic E-state index is 2.49. The van der Waals surface area contributed by atoms with Crippen LogP contribution in [0.15, 0.2) is 237 Å². The van der Waals surface area contributed by atoms with E-state index < -0.39 is 5.41 Å². The fourth-order valence-electron chi connectivity index (χ4n) is 10.4. The summed E-state index contributed by atoms with van der Waals surface area (Å²) in [6.07, 6.45) is 0. The number of para-hydroxylation sites is 2. The van der Waals surface area contributed by atoms with Gasteiger partial charge in [0.2, 0.25) is 0 Å². The van der Waals surface area contributed by atoms with Gasteiger partial charge in [-0.15, -0.1) is 0 Å². The second kappa shape index (κ2) is 14.4. The van der Waals surface area contributed by atoms with Crippen LogP contribution in [0.5, 0.6) is 0 Å². The predicted molar refractivity (Wildman–Crippen MR) is 260 cm³/mol. The number of benzene rings is 10. The molecule has 0 aliphatic heterocycles. The summed E-state index contributed by atoms with van der Waals surface area (Å²) in [6.45, 7) is 2.16. The third-order valence-corrected chi connectivity index (χ3v) is 13.1. The van der Waals surface area contributed by atoms with Gasteiger partial charge < -0.3 is 9.47 Å². The monoisotopic (exact) mass is 790 g/mol. The highest BCUT2D eigenvalue weighted by molar-refractivity contribution is 6.14. The summed E-state index contributed by atoms with van der Waals surface area (Å²) in [6, 6.07) is 87.4. The Morgan fingerprint density at radius 1 is 0.403 bits per heavy atom. The maximum Gasteiger partial charge on any atom is 0.0782 e. The smallest absolute Gasteiger partial charge is 0.0782 e. The first-order valence-corrected chi connectivity index (χ1v) is 21.5. The number of hydrogen-bond donors (Lipinski definition) is 0. The molecule has 1 heterocycles. The first kappa shape index (κ1) is 36.0. The summed E-state index contributed by atoms with van der Waals surface area (Å²) < 4.78 is 2.48. The van der Waals surface area contributed by atoms with Crippen molar-refractivity contribution in [1.29, 1.82) is 0 Å². The normalized spacial score (nSPS) is 12.7. The van der Waals surface area contributed by atoms with E-state index in [2.05, 4.69) is 253 Å². The molecule has 0 spiro atoms. The van der Waals surface area contributed by atoms with E-state index in [9.17, 15) is 0 Å². The second-order valence-electron chi connectivity index (χ2n) is 16.6. The van der Waals surface area contributed by atoms with Gasteiger partial charge in [-0.05, 0) is 111 Å². The van der Waals surface area contributed by atoms with Crippen LogP contribution in [0.1, 0.15) is 27.8 Å². The highest BCUT2D eigenvalue weighted by Crippen LogP contribution is 2.57. The zero-order valence-corrected chi connectivity index (χ0v) is 34.4. The first-order chi connectivity index (χ1) is 30.7. The molecule has 0 N–H and O–H groups in total. The quantitative estimate of drug-likeness (QED) is 0.156. The molecule has 0 fully saturated rings. The Labute approximate surface area is 362 Å². The van der Waals surface area contributed by atoms with Crippen LogP contribution in [0.25, 0.3) is 60.5 Å². The third kappa shape index (κ3) is 5.50. The van der Waals surface area contributed by atoms with Gasteiger partial charge in [-0.2, -0.15) is 0 Å².